The van der Waals surface area contributed by atoms with Crippen LogP contribution in [0.2, 0.25) is 0 Å². The number of rotatable bonds is 3. The second-order valence-electron chi connectivity index (χ2n) is 6.07. The lowest BCUT2D eigenvalue weighted by molar-refractivity contribution is -0.148. The summed E-state index contributed by atoms with van der Waals surface area (Å²) in [6.45, 7) is 0. The minimum atomic E-state index is -0.230. The first-order valence-electron chi connectivity index (χ1n) is 7.53. The Morgan fingerprint density at radius 2 is 1.91 bits per heavy atom. The van der Waals surface area contributed by atoms with Crippen LogP contribution in [0.1, 0.15) is 35.2 Å². The number of benzene rings is 1. The predicted octanol–water partition coefficient (Wildman–Crippen LogP) is 1.88. The van der Waals surface area contributed by atoms with Gasteiger partial charge >= 0.3 is 5.97 Å². The van der Waals surface area contributed by atoms with Gasteiger partial charge < -0.3 is 10.1 Å². The SMILES string of the molecule is COC(=O)[C@@H]1[C@H]2CC[C@@H](C2)[C@H]1NC(=O)c1ccc(C#N)cc1. The van der Waals surface area contributed by atoms with E-state index in [9.17, 15) is 9.59 Å². The second kappa shape index (κ2) is 5.80. The van der Waals surface area contributed by atoms with Crippen molar-refractivity contribution in [2.75, 3.05) is 7.11 Å². The van der Waals surface area contributed by atoms with Crippen LogP contribution in [0.4, 0.5) is 0 Å². The topological polar surface area (TPSA) is 79.2 Å². The van der Waals surface area contributed by atoms with Crippen LogP contribution in [-0.4, -0.2) is 25.0 Å². The number of fused-ring (bicyclic) bond motifs is 2. The number of hydrogen-bond donors (Lipinski definition) is 1. The van der Waals surface area contributed by atoms with Crippen molar-refractivity contribution in [2.24, 2.45) is 17.8 Å². The summed E-state index contributed by atoms with van der Waals surface area (Å²) in [5.41, 5.74) is 1.02. The Morgan fingerprint density at radius 1 is 1.23 bits per heavy atom. The van der Waals surface area contributed by atoms with Crippen LogP contribution >= 0.6 is 0 Å². The fourth-order valence-electron chi connectivity index (χ4n) is 3.91. The Kier molecular flexibility index (Phi) is 3.84. The van der Waals surface area contributed by atoms with E-state index in [-0.39, 0.29) is 23.8 Å². The van der Waals surface area contributed by atoms with E-state index in [1.54, 1.807) is 24.3 Å². The second-order valence-corrected chi connectivity index (χ2v) is 6.07. The number of nitrogens with zero attached hydrogens (tertiary/aromatic N) is 1. The van der Waals surface area contributed by atoms with Gasteiger partial charge in [-0.2, -0.15) is 5.26 Å². The molecule has 22 heavy (non-hydrogen) atoms. The first-order valence-corrected chi connectivity index (χ1v) is 7.53. The zero-order chi connectivity index (χ0) is 15.7. The van der Waals surface area contributed by atoms with Crippen LogP contribution in [0, 0.1) is 29.1 Å². The molecule has 0 unspecified atom stereocenters. The van der Waals surface area contributed by atoms with E-state index in [1.165, 1.54) is 7.11 Å². The predicted molar refractivity (Wildman–Crippen MR) is 78.7 cm³/mol. The van der Waals surface area contributed by atoms with Crippen LogP contribution in [0.25, 0.3) is 0 Å². The quantitative estimate of drug-likeness (QED) is 0.864. The normalized spacial score (nSPS) is 28.9. The molecule has 2 fully saturated rings. The molecule has 2 aliphatic carbocycles. The molecule has 2 bridgehead atoms. The highest BCUT2D eigenvalue weighted by Crippen LogP contribution is 2.49. The van der Waals surface area contributed by atoms with Gasteiger partial charge in [0.25, 0.3) is 5.91 Å². The van der Waals surface area contributed by atoms with Gasteiger partial charge in [0.15, 0.2) is 0 Å². The molecule has 4 atom stereocenters. The minimum Gasteiger partial charge on any atom is -0.469 e. The third-order valence-electron chi connectivity index (χ3n) is 4.96. The Morgan fingerprint density at radius 3 is 2.55 bits per heavy atom. The molecule has 3 rings (SSSR count). The van der Waals surface area contributed by atoms with Gasteiger partial charge in [0, 0.05) is 11.6 Å². The van der Waals surface area contributed by atoms with Crippen LogP contribution in [0.15, 0.2) is 24.3 Å². The number of carbonyl (C=O) groups is 2. The Labute approximate surface area is 129 Å². The zero-order valence-corrected chi connectivity index (χ0v) is 12.4. The highest BCUT2D eigenvalue weighted by Gasteiger charge is 2.52. The van der Waals surface area contributed by atoms with Crippen LogP contribution in [0.3, 0.4) is 0 Å². The summed E-state index contributed by atoms with van der Waals surface area (Å²) >= 11 is 0. The molecule has 2 aliphatic rings. The van der Waals surface area contributed by atoms with Gasteiger partial charge in [-0.15, -0.1) is 0 Å². The van der Waals surface area contributed by atoms with Crippen LogP contribution in [0.5, 0.6) is 0 Å². The van der Waals surface area contributed by atoms with Gasteiger partial charge in [0.1, 0.15) is 0 Å². The van der Waals surface area contributed by atoms with Crippen molar-refractivity contribution in [3.63, 3.8) is 0 Å². The number of esters is 1. The minimum absolute atomic E-state index is 0.144. The zero-order valence-electron chi connectivity index (χ0n) is 12.4. The van der Waals surface area contributed by atoms with E-state index >= 15 is 0 Å². The molecule has 0 radical (unpaired) electrons. The van der Waals surface area contributed by atoms with E-state index in [4.69, 9.17) is 10.00 Å². The molecule has 0 saturated heterocycles. The summed E-state index contributed by atoms with van der Waals surface area (Å²) in [4.78, 5) is 24.4. The van der Waals surface area contributed by atoms with Crippen molar-refractivity contribution in [1.82, 2.24) is 5.32 Å². The average Bonchev–Trinajstić information content (AvgIpc) is 3.15. The number of carbonyl (C=O) groups excluding carboxylic acids is 2. The largest absolute Gasteiger partial charge is 0.469 e. The van der Waals surface area contributed by atoms with Gasteiger partial charge in [0.2, 0.25) is 0 Å². The molecule has 114 valence electrons. The molecule has 1 aromatic rings. The summed E-state index contributed by atoms with van der Waals surface area (Å²) in [7, 11) is 1.40. The molecule has 5 nitrogen and oxygen atoms in total. The molecule has 1 amide bonds. The first-order chi connectivity index (χ1) is 10.6. The molecule has 0 aromatic heterocycles. The molecular formula is C17H18N2O3. The highest BCUT2D eigenvalue weighted by molar-refractivity contribution is 5.95. The van der Waals surface area contributed by atoms with Crippen LogP contribution in [-0.2, 0) is 9.53 Å². The monoisotopic (exact) mass is 298 g/mol. The van der Waals surface area contributed by atoms with E-state index in [0.29, 0.717) is 23.0 Å². The Hall–Kier alpha value is -2.35. The summed E-state index contributed by atoms with van der Waals surface area (Å²) < 4.78 is 4.91. The van der Waals surface area contributed by atoms with Crippen molar-refractivity contribution < 1.29 is 14.3 Å². The summed E-state index contributed by atoms with van der Waals surface area (Å²) in [5.74, 6) is 0.0273. The van der Waals surface area contributed by atoms with Crippen molar-refractivity contribution >= 4 is 11.9 Å². The van der Waals surface area contributed by atoms with Gasteiger partial charge in [-0.25, -0.2) is 0 Å². The van der Waals surface area contributed by atoms with Crippen molar-refractivity contribution in [1.29, 1.82) is 5.26 Å². The number of hydrogen-bond acceptors (Lipinski definition) is 4. The Bertz CT molecular complexity index is 632. The van der Waals surface area contributed by atoms with Gasteiger partial charge in [-0.1, -0.05) is 0 Å². The molecule has 0 spiro atoms. The maximum atomic E-state index is 12.4. The van der Waals surface area contributed by atoms with E-state index in [0.717, 1.165) is 19.3 Å². The lowest BCUT2D eigenvalue weighted by Crippen LogP contribution is -2.47. The fraction of sp³-hybridized carbons (Fsp3) is 0.471. The maximum Gasteiger partial charge on any atom is 0.311 e. The number of nitriles is 1. The maximum absolute atomic E-state index is 12.4. The van der Waals surface area contributed by atoms with Crippen molar-refractivity contribution in [3.8, 4) is 6.07 Å². The van der Waals surface area contributed by atoms with E-state index < -0.39 is 0 Å². The molecule has 1 N–H and O–H groups in total. The molecule has 0 aliphatic heterocycles. The average molecular weight is 298 g/mol. The lowest BCUT2D eigenvalue weighted by atomic mass is 9.84. The fourth-order valence-corrected chi connectivity index (χ4v) is 3.91. The lowest BCUT2D eigenvalue weighted by Gasteiger charge is -2.29. The van der Waals surface area contributed by atoms with E-state index in [2.05, 4.69) is 5.32 Å². The molecular weight excluding hydrogens is 280 g/mol. The summed E-state index contributed by atoms with van der Waals surface area (Å²) in [5, 5.41) is 11.8. The molecule has 2 saturated carbocycles. The molecule has 5 heteroatoms. The van der Waals surface area contributed by atoms with Gasteiger partial charge in [-0.3, -0.25) is 9.59 Å². The Balaban J connectivity index is 1.74. The van der Waals surface area contributed by atoms with Crippen LogP contribution < -0.4 is 5.32 Å². The number of ether oxygens (including phenoxy) is 1. The van der Waals surface area contributed by atoms with Gasteiger partial charge in [0.05, 0.1) is 24.7 Å². The molecule has 1 aromatic carbocycles. The standard InChI is InChI=1S/C17H18N2O3/c1-22-17(21)14-12-6-7-13(8-12)15(14)19-16(20)11-4-2-10(9-18)3-5-11/h2-5,12-15H,6-8H2,1H3,(H,19,20)/t12-,13-,14+,15+/m0/s1. The first kappa shape index (κ1) is 14.6. The van der Waals surface area contributed by atoms with Gasteiger partial charge in [-0.05, 0) is 55.4 Å². The number of nitrogens with one attached hydrogen (secondary N) is 1. The number of amides is 1. The third-order valence-corrected chi connectivity index (χ3v) is 4.96. The summed E-state index contributed by atoms with van der Waals surface area (Å²) in [6, 6.07) is 8.38. The highest BCUT2D eigenvalue weighted by atomic mass is 16.5. The molecule has 0 heterocycles. The van der Waals surface area contributed by atoms with E-state index in [1.807, 2.05) is 6.07 Å². The number of methoxy groups -OCH3 is 1. The third kappa shape index (κ3) is 2.45. The van der Waals surface area contributed by atoms with Crippen molar-refractivity contribution in [3.05, 3.63) is 35.4 Å². The summed E-state index contributed by atoms with van der Waals surface area (Å²) in [6.07, 6.45) is 3.07. The smallest absolute Gasteiger partial charge is 0.311 e. The van der Waals surface area contributed by atoms with Crippen molar-refractivity contribution in [2.45, 2.75) is 25.3 Å².